The number of nitrogens with zero attached hydrogens (tertiary/aromatic N) is 2. The van der Waals surface area contributed by atoms with Crippen LogP contribution in [0.3, 0.4) is 0 Å². The molecule has 0 aromatic carbocycles. The Bertz CT molecular complexity index is 335. The number of morpholine rings is 1. The van der Waals surface area contributed by atoms with E-state index in [-0.39, 0.29) is 12.7 Å². The van der Waals surface area contributed by atoms with Gasteiger partial charge in [0.1, 0.15) is 0 Å². The average Bonchev–Trinajstić information content (AvgIpc) is 2.29. The van der Waals surface area contributed by atoms with E-state index < -0.39 is 0 Å². The lowest BCUT2D eigenvalue weighted by Crippen LogP contribution is -2.44. The van der Waals surface area contributed by atoms with Crippen molar-refractivity contribution in [3.63, 3.8) is 0 Å². The van der Waals surface area contributed by atoms with E-state index in [2.05, 4.69) is 25.8 Å². The molecule has 1 saturated heterocycles. The maximum absolute atomic E-state index is 9.03. The molecule has 1 aliphatic rings. The first-order chi connectivity index (χ1) is 7.29. The number of hydrogen-bond acceptors (Lipinski definition) is 4. The molecule has 0 aliphatic carbocycles. The molecule has 1 unspecified atom stereocenters. The Balaban J connectivity index is 2.09. The van der Waals surface area contributed by atoms with E-state index in [1.165, 1.54) is 0 Å². The van der Waals surface area contributed by atoms with E-state index in [1.54, 1.807) is 6.20 Å². The first-order valence-electron chi connectivity index (χ1n) is 4.87. The van der Waals surface area contributed by atoms with Crippen molar-refractivity contribution in [1.82, 2.24) is 4.98 Å². The average molecular weight is 273 g/mol. The van der Waals surface area contributed by atoms with E-state index in [0.717, 1.165) is 16.7 Å². The maximum Gasteiger partial charge on any atom is 0.0980 e. The number of ether oxygens (including phenoxy) is 1. The molecule has 1 aliphatic heterocycles. The van der Waals surface area contributed by atoms with E-state index in [1.807, 2.05) is 12.3 Å². The van der Waals surface area contributed by atoms with Gasteiger partial charge < -0.3 is 14.7 Å². The summed E-state index contributed by atoms with van der Waals surface area (Å²) in [6.45, 7) is 2.28. The molecule has 4 nitrogen and oxygen atoms in total. The van der Waals surface area contributed by atoms with Crippen LogP contribution in [0.1, 0.15) is 0 Å². The normalized spacial score (nSPS) is 21.7. The molecule has 2 rings (SSSR count). The summed E-state index contributed by atoms with van der Waals surface area (Å²) in [6.07, 6.45) is 3.50. The molecular formula is C10H13BrN2O2. The number of halogens is 1. The van der Waals surface area contributed by atoms with Gasteiger partial charge in [-0.15, -0.1) is 0 Å². The van der Waals surface area contributed by atoms with Gasteiger partial charge in [-0.3, -0.25) is 4.98 Å². The monoisotopic (exact) mass is 272 g/mol. The first kappa shape index (κ1) is 10.9. The highest BCUT2D eigenvalue weighted by Crippen LogP contribution is 2.20. The fourth-order valence-electron chi connectivity index (χ4n) is 1.64. The Labute approximate surface area is 97.0 Å². The van der Waals surface area contributed by atoms with Gasteiger partial charge in [-0.1, -0.05) is 0 Å². The molecule has 5 heteroatoms. The number of hydrogen-bond donors (Lipinski definition) is 1. The van der Waals surface area contributed by atoms with Crippen molar-refractivity contribution < 1.29 is 9.84 Å². The Morgan fingerprint density at radius 1 is 1.60 bits per heavy atom. The van der Waals surface area contributed by atoms with Gasteiger partial charge in [0.25, 0.3) is 0 Å². The van der Waals surface area contributed by atoms with E-state index in [0.29, 0.717) is 13.2 Å². The Morgan fingerprint density at radius 2 is 2.47 bits per heavy atom. The number of rotatable bonds is 2. The third-order valence-electron chi connectivity index (χ3n) is 2.40. The lowest BCUT2D eigenvalue weighted by molar-refractivity contribution is 0.00355. The Morgan fingerprint density at radius 3 is 3.20 bits per heavy atom. The van der Waals surface area contributed by atoms with Crippen LogP contribution >= 0.6 is 15.9 Å². The van der Waals surface area contributed by atoms with Gasteiger partial charge in [0.05, 0.1) is 31.2 Å². The summed E-state index contributed by atoms with van der Waals surface area (Å²) >= 11 is 3.39. The van der Waals surface area contributed by atoms with Gasteiger partial charge in [-0.25, -0.2) is 0 Å². The smallest absolute Gasteiger partial charge is 0.0980 e. The number of pyridine rings is 1. The molecular weight excluding hydrogens is 260 g/mol. The predicted octanol–water partition coefficient (Wildman–Crippen LogP) is 1.04. The summed E-state index contributed by atoms with van der Waals surface area (Å²) < 4.78 is 6.35. The molecule has 0 saturated carbocycles. The lowest BCUT2D eigenvalue weighted by Gasteiger charge is -2.33. The van der Waals surface area contributed by atoms with Crippen LogP contribution in [0.25, 0.3) is 0 Å². The van der Waals surface area contributed by atoms with Gasteiger partial charge in [0.15, 0.2) is 0 Å². The molecule has 2 heterocycles. The minimum Gasteiger partial charge on any atom is -0.394 e. The largest absolute Gasteiger partial charge is 0.394 e. The Kier molecular flexibility index (Phi) is 3.56. The molecule has 0 spiro atoms. The standard InChI is InChI=1S/C10H13BrN2O2/c11-8-3-9(5-12-4-8)13-1-2-15-10(6-13)7-14/h3-5,10,14H,1-2,6-7H2. The molecule has 0 bridgehead atoms. The second-order valence-corrected chi connectivity index (χ2v) is 4.40. The van der Waals surface area contributed by atoms with Crippen LogP contribution in [0.2, 0.25) is 0 Å². The van der Waals surface area contributed by atoms with Gasteiger partial charge in [-0.2, -0.15) is 0 Å². The molecule has 0 amide bonds. The molecule has 82 valence electrons. The highest BCUT2D eigenvalue weighted by molar-refractivity contribution is 9.10. The summed E-state index contributed by atoms with van der Waals surface area (Å²) in [5.74, 6) is 0. The quantitative estimate of drug-likeness (QED) is 0.874. The van der Waals surface area contributed by atoms with Gasteiger partial charge in [0.2, 0.25) is 0 Å². The molecule has 1 atom stereocenters. The predicted molar refractivity (Wildman–Crippen MR) is 61.0 cm³/mol. The molecule has 15 heavy (non-hydrogen) atoms. The van der Waals surface area contributed by atoms with Gasteiger partial charge in [0, 0.05) is 23.8 Å². The van der Waals surface area contributed by atoms with Crippen molar-refractivity contribution >= 4 is 21.6 Å². The summed E-state index contributed by atoms with van der Waals surface area (Å²) in [4.78, 5) is 6.29. The van der Waals surface area contributed by atoms with Crippen LogP contribution in [-0.2, 0) is 4.74 Å². The highest BCUT2D eigenvalue weighted by Gasteiger charge is 2.19. The van der Waals surface area contributed by atoms with Gasteiger partial charge in [-0.05, 0) is 22.0 Å². The molecule has 1 aromatic heterocycles. The summed E-state index contributed by atoms with van der Waals surface area (Å²) in [6, 6.07) is 2.02. The van der Waals surface area contributed by atoms with Crippen molar-refractivity contribution in [3.05, 3.63) is 22.9 Å². The van der Waals surface area contributed by atoms with Crippen LogP contribution in [0.4, 0.5) is 5.69 Å². The van der Waals surface area contributed by atoms with Crippen molar-refractivity contribution in [1.29, 1.82) is 0 Å². The summed E-state index contributed by atoms with van der Waals surface area (Å²) in [7, 11) is 0. The van der Waals surface area contributed by atoms with Gasteiger partial charge >= 0.3 is 0 Å². The van der Waals surface area contributed by atoms with Crippen LogP contribution in [0.5, 0.6) is 0 Å². The third-order valence-corrected chi connectivity index (χ3v) is 2.83. The minimum absolute atomic E-state index is 0.0674. The SMILES string of the molecule is OCC1CN(c2cncc(Br)c2)CCO1. The molecule has 1 fully saturated rings. The van der Waals surface area contributed by atoms with Crippen LogP contribution in [0.15, 0.2) is 22.9 Å². The van der Waals surface area contributed by atoms with E-state index >= 15 is 0 Å². The van der Waals surface area contributed by atoms with Crippen LogP contribution in [0, 0.1) is 0 Å². The fraction of sp³-hybridized carbons (Fsp3) is 0.500. The molecule has 1 aromatic rings. The van der Waals surface area contributed by atoms with Crippen molar-refractivity contribution in [2.24, 2.45) is 0 Å². The Hall–Kier alpha value is -0.650. The second kappa shape index (κ2) is 4.92. The van der Waals surface area contributed by atoms with Crippen molar-refractivity contribution in [2.75, 3.05) is 31.2 Å². The number of aliphatic hydroxyl groups excluding tert-OH is 1. The zero-order valence-electron chi connectivity index (χ0n) is 8.27. The minimum atomic E-state index is -0.0854. The molecule has 1 N–H and O–H groups in total. The topological polar surface area (TPSA) is 45.6 Å². The summed E-state index contributed by atoms with van der Waals surface area (Å²) in [5, 5.41) is 9.03. The van der Waals surface area contributed by atoms with Crippen LogP contribution < -0.4 is 4.90 Å². The van der Waals surface area contributed by atoms with E-state index in [9.17, 15) is 0 Å². The fourth-order valence-corrected chi connectivity index (χ4v) is 1.99. The third kappa shape index (κ3) is 2.68. The number of aliphatic hydroxyl groups is 1. The number of aromatic nitrogens is 1. The lowest BCUT2D eigenvalue weighted by atomic mass is 10.2. The second-order valence-electron chi connectivity index (χ2n) is 3.48. The van der Waals surface area contributed by atoms with Crippen molar-refractivity contribution in [2.45, 2.75) is 6.10 Å². The van der Waals surface area contributed by atoms with Crippen molar-refractivity contribution in [3.8, 4) is 0 Å². The molecule has 0 radical (unpaired) electrons. The zero-order valence-corrected chi connectivity index (χ0v) is 9.85. The van der Waals surface area contributed by atoms with Crippen LogP contribution in [-0.4, -0.2) is 42.5 Å². The summed E-state index contributed by atoms with van der Waals surface area (Å²) in [5.41, 5.74) is 1.06. The maximum atomic E-state index is 9.03. The zero-order chi connectivity index (χ0) is 10.7. The number of anilines is 1. The van der Waals surface area contributed by atoms with E-state index in [4.69, 9.17) is 9.84 Å². The highest BCUT2D eigenvalue weighted by atomic mass is 79.9. The first-order valence-corrected chi connectivity index (χ1v) is 5.67.